The molecule has 0 aromatic heterocycles. The van der Waals surface area contributed by atoms with Crippen molar-refractivity contribution in [2.24, 2.45) is 0 Å². The highest BCUT2D eigenvalue weighted by Gasteiger charge is 2.11. The number of rotatable bonds is 7. The van der Waals surface area contributed by atoms with Gasteiger partial charge in [-0.15, -0.1) is 0 Å². The van der Waals surface area contributed by atoms with Crippen LogP contribution in [0.1, 0.15) is 12.5 Å². The number of hydrogen-bond acceptors (Lipinski definition) is 3. The Labute approximate surface area is 127 Å². The van der Waals surface area contributed by atoms with Gasteiger partial charge in [-0.3, -0.25) is 4.79 Å². The van der Waals surface area contributed by atoms with Crippen molar-refractivity contribution in [1.29, 1.82) is 0 Å². The maximum atomic E-state index is 11.7. The number of carbonyl (C=O) groups excluding carboxylic acids is 1. The fourth-order valence-electron chi connectivity index (χ4n) is 1.44. The predicted octanol–water partition coefficient (Wildman–Crippen LogP) is 2.34. The molecule has 1 atom stereocenters. The van der Waals surface area contributed by atoms with Gasteiger partial charge in [0.25, 0.3) is 0 Å². The molecule has 2 N–H and O–H groups in total. The highest BCUT2D eigenvalue weighted by Crippen LogP contribution is 2.23. The zero-order valence-electron chi connectivity index (χ0n) is 11.0. The zero-order valence-corrected chi connectivity index (χ0v) is 13.3. The molecule has 1 rings (SSSR count). The molecule has 1 aromatic carbocycles. The minimum absolute atomic E-state index is 0.0370. The lowest BCUT2D eigenvalue weighted by molar-refractivity contribution is -0.122. The van der Waals surface area contributed by atoms with Crippen molar-refractivity contribution in [3.63, 3.8) is 0 Å². The third-order valence-electron chi connectivity index (χ3n) is 2.60. The standard InChI is InChI=1S/C13H18BrClN2O2/c1-9(13(18)16-5-6-19-2)17-8-10-3-4-12(15)11(14)7-10/h3-4,7,9,17H,5-6,8H2,1-2H3,(H,16,18). The fraction of sp³-hybridized carbons (Fsp3) is 0.462. The number of benzene rings is 1. The lowest BCUT2D eigenvalue weighted by atomic mass is 10.2. The molecule has 1 unspecified atom stereocenters. The normalized spacial score (nSPS) is 12.2. The third-order valence-corrected chi connectivity index (χ3v) is 3.81. The molecule has 0 saturated heterocycles. The molecule has 0 aliphatic rings. The molecule has 4 nitrogen and oxygen atoms in total. The van der Waals surface area contributed by atoms with Crippen molar-refractivity contribution in [3.8, 4) is 0 Å². The van der Waals surface area contributed by atoms with E-state index in [1.54, 1.807) is 7.11 Å². The Balaban J connectivity index is 2.38. The first-order valence-corrected chi connectivity index (χ1v) is 7.15. The fourth-order valence-corrected chi connectivity index (χ4v) is 1.99. The van der Waals surface area contributed by atoms with Gasteiger partial charge >= 0.3 is 0 Å². The first-order valence-electron chi connectivity index (χ1n) is 5.98. The van der Waals surface area contributed by atoms with Crippen LogP contribution in [-0.4, -0.2) is 32.2 Å². The summed E-state index contributed by atoms with van der Waals surface area (Å²) >= 11 is 9.29. The van der Waals surface area contributed by atoms with E-state index in [0.717, 1.165) is 10.0 Å². The topological polar surface area (TPSA) is 50.4 Å². The summed E-state index contributed by atoms with van der Waals surface area (Å²) < 4.78 is 5.73. The Morgan fingerprint density at radius 1 is 1.53 bits per heavy atom. The monoisotopic (exact) mass is 348 g/mol. The number of halogens is 2. The second-order valence-electron chi connectivity index (χ2n) is 4.13. The molecule has 0 spiro atoms. The maximum Gasteiger partial charge on any atom is 0.236 e. The quantitative estimate of drug-likeness (QED) is 0.743. The summed E-state index contributed by atoms with van der Waals surface area (Å²) in [6, 6.07) is 5.43. The van der Waals surface area contributed by atoms with Gasteiger partial charge in [0, 0.05) is 24.7 Å². The van der Waals surface area contributed by atoms with Gasteiger partial charge in [0.1, 0.15) is 0 Å². The van der Waals surface area contributed by atoms with Gasteiger partial charge in [0.2, 0.25) is 5.91 Å². The second kappa shape index (κ2) is 8.53. The average molecular weight is 350 g/mol. The van der Waals surface area contributed by atoms with Gasteiger partial charge < -0.3 is 15.4 Å². The number of nitrogens with one attached hydrogen (secondary N) is 2. The van der Waals surface area contributed by atoms with Crippen LogP contribution < -0.4 is 10.6 Å². The van der Waals surface area contributed by atoms with Crippen LogP contribution in [-0.2, 0) is 16.1 Å². The molecule has 0 aliphatic heterocycles. The van der Waals surface area contributed by atoms with Gasteiger partial charge in [-0.05, 0) is 40.5 Å². The van der Waals surface area contributed by atoms with Gasteiger partial charge in [0.15, 0.2) is 0 Å². The molecule has 1 aromatic rings. The Morgan fingerprint density at radius 2 is 2.26 bits per heavy atom. The van der Waals surface area contributed by atoms with Crippen LogP contribution in [0.4, 0.5) is 0 Å². The number of methoxy groups -OCH3 is 1. The van der Waals surface area contributed by atoms with E-state index in [-0.39, 0.29) is 11.9 Å². The number of hydrogen-bond donors (Lipinski definition) is 2. The highest BCUT2D eigenvalue weighted by molar-refractivity contribution is 9.10. The van der Waals surface area contributed by atoms with Gasteiger partial charge in [-0.25, -0.2) is 0 Å². The van der Waals surface area contributed by atoms with Crippen LogP contribution in [0.5, 0.6) is 0 Å². The smallest absolute Gasteiger partial charge is 0.236 e. The number of ether oxygens (including phenoxy) is 1. The van der Waals surface area contributed by atoms with E-state index in [1.807, 2.05) is 25.1 Å². The summed E-state index contributed by atoms with van der Waals surface area (Å²) in [7, 11) is 1.60. The number of amides is 1. The lowest BCUT2D eigenvalue weighted by Crippen LogP contribution is -2.42. The van der Waals surface area contributed by atoms with Crippen LogP contribution in [0.2, 0.25) is 5.02 Å². The molecule has 0 aliphatic carbocycles. The van der Waals surface area contributed by atoms with Crippen molar-refractivity contribution in [2.75, 3.05) is 20.3 Å². The Kier molecular flexibility index (Phi) is 7.38. The van der Waals surface area contributed by atoms with Crippen LogP contribution in [0.25, 0.3) is 0 Å². The summed E-state index contributed by atoms with van der Waals surface area (Å²) in [5, 5.41) is 6.61. The van der Waals surface area contributed by atoms with Crippen molar-refractivity contribution in [1.82, 2.24) is 10.6 Å². The second-order valence-corrected chi connectivity index (χ2v) is 5.40. The van der Waals surface area contributed by atoms with Crippen LogP contribution in [0, 0.1) is 0 Å². The zero-order chi connectivity index (χ0) is 14.3. The summed E-state index contributed by atoms with van der Waals surface area (Å²) in [5.41, 5.74) is 1.06. The van der Waals surface area contributed by atoms with Gasteiger partial charge in [-0.1, -0.05) is 17.7 Å². The molecule has 0 fully saturated rings. The molecule has 0 radical (unpaired) electrons. The van der Waals surface area contributed by atoms with Crippen molar-refractivity contribution < 1.29 is 9.53 Å². The molecule has 0 saturated carbocycles. The van der Waals surface area contributed by atoms with Crippen LogP contribution >= 0.6 is 27.5 Å². The molecular weight excluding hydrogens is 332 g/mol. The Morgan fingerprint density at radius 3 is 2.89 bits per heavy atom. The Bertz CT molecular complexity index is 429. The molecule has 6 heteroatoms. The van der Waals surface area contributed by atoms with E-state index in [0.29, 0.717) is 24.7 Å². The van der Waals surface area contributed by atoms with Crippen LogP contribution in [0.15, 0.2) is 22.7 Å². The Hall–Kier alpha value is -0.620. The minimum Gasteiger partial charge on any atom is -0.383 e. The third kappa shape index (κ3) is 5.91. The molecule has 0 heterocycles. The summed E-state index contributed by atoms with van der Waals surface area (Å²) in [4.78, 5) is 11.7. The molecule has 1 amide bonds. The highest BCUT2D eigenvalue weighted by atomic mass is 79.9. The summed E-state index contributed by atoms with van der Waals surface area (Å²) in [6.07, 6.45) is 0. The average Bonchev–Trinajstić information content (AvgIpc) is 2.40. The molecular formula is C13H18BrClN2O2. The molecule has 0 bridgehead atoms. The van der Waals surface area contributed by atoms with Gasteiger partial charge in [-0.2, -0.15) is 0 Å². The van der Waals surface area contributed by atoms with Crippen LogP contribution in [0.3, 0.4) is 0 Å². The van der Waals surface area contributed by atoms with E-state index in [2.05, 4.69) is 26.6 Å². The first kappa shape index (κ1) is 16.4. The first-order chi connectivity index (χ1) is 9.04. The molecule has 19 heavy (non-hydrogen) atoms. The van der Waals surface area contributed by atoms with E-state index in [9.17, 15) is 4.79 Å². The van der Waals surface area contributed by atoms with Crippen molar-refractivity contribution in [3.05, 3.63) is 33.3 Å². The minimum atomic E-state index is -0.258. The summed E-state index contributed by atoms with van der Waals surface area (Å²) in [6.45, 7) is 3.47. The van der Waals surface area contributed by atoms with E-state index >= 15 is 0 Å². The van der Waals surface area contributed by atoms with E-state index < -0.39 is 0 Å². The van der Waals surface area contributed by atoms with Crippen molar-refractivity contribution >= 4 is 33.4 Å². The maximum absolute atomic E-state index is 11.7. The molecule has 106 valence electrons. The summed E-state index contributed by atoms with van der Waals surface area (Å²) in [5.74, 6) is -0.0370. The lowest BCUT2D eigenvalue weighted by Gasteiger charge is -2.14. The van der Waals surface area contributed by atoms with E-state index in [1.165, 1.54) is 0 Å². The van der Waals surface area contributed by atoms with E-state index in [4.69, 9.17) is 16.3 Å². The number of carbonyl (C=O) groups is 1. The predicted molar refractivity (Wildman–Crippen MR) is 80.3 cm³/mol. The van der Waals surface area contributed by atoms with Gasteiger partial charge in [0.05, 0.1) is 17.7 Å². The largest absolute Gasteiger partial charge is 0.383 e. The SMILES string of the molecule is COCCNC(=O)C(C)NCc1ccc(Cl)c(Br)c1. The van der Waals surface area contributed by atoms with Crippen molar-refractivity contribution in [2.45, 2.75) is 19.5 Å².